The third kappa shape index (κ3) is 4.29. The maximum atomic E-state index is 12.2. The van der Waals surface area contributed by atoms with Gasteiger partial charge < -0.3 is 15.7 Å². The summed E-state index contributed by atoms with van der Waals surface area (Å²) in [6.45, 7) is 6.71. The van der Waals surface area contributed by atoms with E-state index in [0.29, 0.717) is 13.1 Å². The number of aryl methyl sites for hydroxylation is 2. The van der Waals surface area contributed by atoms with Crippen LogP contribution in [0.4, 0.5) is 5.69 Å². The molecule has 1 saturated heterocycles. The molecule has 1 aromatic carbocycles. The molecule has 0 aliphatic carbocycles. The van der Waals surface area contributed by atoms with E-state index in [1.54, 1.807) is 0 Å². The molecule has 0 aromatic heterocycles. The lowest BCUT2D eigenvalue weighted by Gasteiger charge is -2.32. The molecule has 1 atom stereocenters. The van der Waals surface area contributed by atoms with Gasteiger partial charge in [0, 0.05) is 31.9 Å². The van der Waals surface area contributed by atoms with Crippen LogP contribution in [0.3, 0.4) is 0 Å². The number of carboxylic acid groups (broad SMARTS) is 1. The Balaban J connectivity index is 2.00. The Kier molecular flexibility index (Phi) is 5.51. The van der Waals surface area contributed by atoms with Crippen molar-refractivity contribution >= 4 is 17.6 Å². The predicted octanol–water partition coefficient (Wildman–Crippen LogP) is 0.990. The van der Waals surface area contributed by atoms with Gasteiger partial charge in [0.15, 0.2) is 0 Å². The average molecular weight is 305 g/mol. The lowest BCUT2D eigenvalue weighted by atomic mass is 10.1. The van der Waals surface area contributed by atoms with Crippen LogP contribution >= 0.6 is 0 Å². The highest BCUT2D eigenvalue weighted by Gasteiger charge is 2.29. The fourth-order valence-corrected chi connectivity index (χ4v) is 2.70. The quantitative estimate of drug-likeness (QED) is 0.756. The first kappa shape index (κ1) is 16.5. The van der Waals surface area contributed by atoms with Gasteiger partial charge in [0.1, 0.15) is 6.04 Å². The van der Waals surface area contributed by atoms with E-state index in [9.17, 15) is 14.7 Å². The van der Waals surface area contributed by atoms with Crippen LogP contribution in [0.5, 0.6) is 0 Å². The molecule has 1 aliphatic heterocycles. The van der Waals surface area contributed by atoms with Crippen molar-refractivity contribution in [3.05, 3.63) is 29.3 Å². The van der Waals surface area contributed by atoms with Crippen molar-refractivity contribution in [2.45, 2.75) is 26.3 Å². The number of nitrogens with zero attached hydrogens (tertiary/aromatic N) is 1. The molecule has 0 spiro atoms. The molecule has 3 N–H and O–H groups in total. The van der Waals surface area contributed by atoms with Gasteiger partial charge in [-0.1, -0.05) is 17.7 Å². The monoisotopic (exact) mass is 305 g/mol. The van der Waals surface area contributed by atoms with Gasteiger partial charge >= 0.3 is 5.97 Å². The molecule has 0 saturated carbocycles. The third-order valence-corrected chi connectivity index (χ3v) is 3.91. The van der Waals surface area contributed by atoms with Crippen LogP contribution < -0.4 is 10.6 Å². The largest absolute Gasteiger partial charge is 0.480 e. The number of nitrogens with one attached hydrogen (secondary N) is 2. The fourth-order valence-electron chi connectivity index (χ4n) is 2.70. The van der Waals surface area contributed by atoms with Crippen LogP contribution in [-0.4, -0.2) is 54.1 Å². The number of aliphatic carboxylic acids is 1. The summed E-state index contributed by atoms with van der Waals surface area (Å²) in [6.07, 6.45) is -0.0390. The van der Waals surface area contributed by atoms with Gasteiger partial charge in [0.05, 0.1) is 6.42 Å². The molecule has 120 valence electrons. The Hall–Kier alpha value is -1.92. The number of rotatable bonds is 5. The summed E-state index contributed by atoms with van der Waals surface area (Å²) in [7, 11) is 0. The SMILES string of the molecule is Cc1ccc(NC(=O)C[C@H](C(=O)O)N2CCNCC2)c(C)c1. The maximum absolute atomic E-state index is 12.2. The van der Waals surface area contributed by atoms with Crippen LogP contribution in [0.15, 0.2) is 18.2 Å². The molecule has 1 heterocycles. The van der Waals surface area contributed by atoms with E-state index in [1.807, 2.05) is 36.9 Å². The summed E-state index contributed by atoms with van der Waals surface area (Å²) >= 11 is 0. The molecule has 22 heavy (non-hydrogen) atoms. The maximum Gasteiger partial charge on any atom is 0.321 e. The summed E-state index contributed by atoms with van der Waals surface area (Å²) < 4.78 is 0. The summed E-state index contributed by atoms with van der Waals surface area (Å²) in [5.41, 5.74) is 2.84. The second-order valence-electron chi connectivity index (χ2n) is 5.71. The van der Waals surface area contributed by atoms with Crippen molar-refractivity contribution in [1.29, 1.82) is 0 Å². The summed E-state index contributed by atoms with van der Waals surface area (Å²) in [4.78, 5) is 25.5. The van der Waals surface area contributed by atoms with E-state index in [2.05, 4.69) is 10.6 Å². The Bertz CT molecular complexity index is 554. The zero-order chi connectivity index (χ0) is 16.1. The van der Waals surface area contributed by atoms with E-state index in [-0.39, 0.29) is 12.3 Å². The number of benzene rings is 1. The van der Waals surface area contributed by atoms with E-state index in [4.69, 9.17) is 0 Å². The first-order chi connectivity index (χ1) is 10.5. The Morgan fingerprint density at radius 2 is 2.00 bits per heavy atom. The normalized spacial score (nSPS) is 17.0. The smallest absolute Gasteiger partial charge is 0.321 e. The topological polar surface area (TPSA) is 81.7 Å². The molecule has 0 radical (unpaired) electrons. The van der Waals surface area contributed by atoms with Crippen molar-refractivity contribution < 1.29 is 14.7 Å². The van der Waals surface area contributed by atoms with Crippen molar-refractivity contribution in [1.82, 2.24) is 10.2 Å². The first-order valence-corrected chi connectivity index (χ1v) is 7.52. The zero-order valence-electron chi connectivity index (χ0n) is 13.1. The Morgan fingerprint density at radius 3 is 2.59 bits per heavy atom. The molecule has 0 unspecified atom stereocenters. The van der Waals surface area contributed by atoms with Gasteiger partial charge in [-0.2, -0.15) is 0 Å². The van der Waals surface area contributed by atoms with Gasteiger partial charge in [-0.25, -0.2) is 0 Å². The molecule has 2 rings (SSSR count). The highest BCUT2D eigenvalue weighted by atomic mass is 16.4. The second-order valence-corrected chi connectivity index (χ2v) is 5.71. The summed E-state index contributed by atoms with van der Waals surface area (Å²) in [5, 5.41) is 15.4. The minimum Gasteiger partial charge on any atom is -0.480 e. The minimum absolute atomic E-state index is 0.0390. The number of hydrogen-bond acceptors (Lipinski definition) is 4. The molecular weight excluding hydrogens is 282 g/mol. The van der Waals surface area contributed by atoms with Crippen molar-refractivity contribution in [2.75, 3.05) is 31.5 Å². The molecule has 6 heteroatoms. The summed E-state index contributed by atoms with van der Waals surface area (Å²) in [6, 6.07) is 4.99. The number of carbonyl (C=O) groups excluding carboxylic acids is 1. The third-order valence-electron chi connectivity index (χ3n) is 3.91. The van der Waals surface area contributed by atoms with Crippen LogP contribution in [0, 0.1) is 13.8 Å². The molecule has 1 aromatic rings. The molecular formula is C16H23N3O3. The van der Waals surface area contributed by atoms with Crippen molar-refractivity contribution in [2.24, 2.45) is 0 Å². The molecule has 1 fully saturated rings. The molecule has 1 aliphatic rings. The Morgan fingerprint density at radius 1 is 1.32 bits per heavy atom. The highest BCUT2D eigenvalue weighted by molar-refractivity contribution is 5.94. The second kappa shape index (κ2) is 7.38. The highest BCUT2D eigenvalue weighted by Crippen LogP contribution is 2.17. The average Bonchev–Trinajstić information content (AvgIpc) is 2.48. The van der Waals surface area contributed by atoms with Crippen LogP contribution in [0.2, 0.25) is 0 Å². The first-order valence-electron chi connectivity index (χ1n) is 7.52. The molecule has 0 bridgehead atoms. The number of hydrogen-bond donors (Lipinski definition) is 3. The van der Waals surface area contributed by atoms with Gasteiger partial charge in [0.25, 0.3) is 0 Å². The Labute approximate surface area is 130 Å². The van der Waals surface area contributed by atoms with Gasteiger partial charge in [-0.05, 0) is 25.5 Å². The number of piperazine rings is 1. The fraction of sp³-hybridized carbons (Fsp3) is 0.500. The molecule has 6 nitrogen and oxygen atoms in total. The van der Waals surface area contributed by atoms with Crippen LogP contribution in [-0.2, 0) is 9.59 Å². The summed E-state index contributed by atoms with van der Waals surface area (Å²) in [5.74, 6) is -1.21. The van der Waals surface area contributed by atoms with Crippen LogP contribution in [0.25, 0.3) is 0 Å². The van der Waals surface area contributed by atoms with Gasteiger partial charge in [-0.15, -0.1) is 0 Å². The van der Waals surface area contributed by atoms with E-state index in [1.165, 1.54) is 0 Å². The number of carbonyl (C=O) groups is 2. The van der Waals surface area contributed by atoms with Crippen molar-refractivity contribution in [3.63, 3.8) is 0 Å². The van der Waals surface area contributed by atoms with Crippen LogP contribution in [0.1, 0.15) is 17.5 Å². The number of amides is 1. The lowest BCUT2D eigenvalue weighted by molar-refractivity contribution is -0.145. The van der Waals surface area contributed by atoms with Crippen molar-refractivity contribution in [3.8, 4) is 0 Å². The molecule has 1 amide bonds. The zero-order valence-corrected chi connectivity index (χ0v) is 13.1. The lowest BCUT2D eigenvalue weighted by Crippen LogP contribution is -2.52. The number of carboxylic acids is 1. The van der Waals surface area contributed by atoms with E-state index < -0.39 is 12.0 Å². The van der Waals surface area contributed by atoms with E-state index in [0.717, 1.165) is 29.9 Å². The number of anilines is 1. The standard InChI is InChI=1S/C16H23N3O3/c1-11-3-4-13(12(2)9-11)18-15(20)10-14(16(21)22)19-7-5-17-6-8-19/h3-4,9,14,17H,5-8,10H2,1-2H3,(H,18,20)(H,21,22)/t14-/m1/s1. The van der Waals surface area contributed by atoms with Gasteiger partial charge in [-0.3, -0.25) is 14.5 Å². The van der Waals surface area contributed by atoms with Gasteiger partial charge in [0.2, 0.25) is 5.91 Å². The minimum atomic E-state index is -0.947. The predicted molar refractivity (Wildman–Crippen MR) is 85.0 cm³/mol. The van der Waals surface area contributed by atoms with E-state index >= 15 is 0 Å².